The predicted molar refractivity (Wildman–Crippen MR) is 69.0 cm³/mol. The van der Waals surface area contributed by atoms with E-state index in [4.69, 9.17) is 11.2 Å². The van der Waals surface area contributed by atoms with E-state index in [9.17, 15) is 0 Å². The minimum absolute atomic E-state index is 0.119. The number of terminal acetylenes is 1. The van der Waals surface area contributed by atoms with E-state index in [-0.39, 0.29) is 6.10 Å². The Kier molecular flexibility index (Phi) is 5.87. The third kappa shape index (κ3) is 5.76. The molecule has 0 aliphatic heterocycles. The quantitative estimate of drug-likeness (QED) is 0.580. The summed E-state index contributed by atoms with van der Waals surface area (Å²) in [5, 5.41) is 3.22. The van der Waals surface area contributed by atoms with Crippen molar-refractivity contribution >= 4 is 5.82 Å². The van der Waals surface area contributed by atoms with Gasteiger partial charge in [0.15, 0.2) is 0 Å². The van der Waals surface area contributed by atoms with Crippen LogP contribution < -0.4 is 10.1 Å². The van der Waals surface area contributed by atoms with Crippen LogP contribution in [-0.4, -0.2) is 22.6 Å². The van der Waals surface area contributed by atoms with Crippen LogP contribution in [0.3, 0.4) is 0 Å². The van der Waals surface area contributed by atoms with Crippen molar-refractivity contribution in [3.63, 3.8) is 0 Å². The number of nitrogens with zero attached hydrogens (tertiary/aromatic N) is 2. The summed E-state index contributed by atoms with van der Waals surface area (Å²) in [7, 11) is 0. The lowest BCUT2D eigenvalue weighted by Gasteiger charge is -2.09. The molecule has 1 heterocycles. The van der Waals surface area contributed by atoms with E-state index in [1.54, 1.807) is 6.07 Å². The van der Waals surface area contributed by atoms with Gasteiger partial charge in [0, 0.05) is 19.0 Å². The van der Waals surface area contributed by atoms with Crippen molar-refractivity contribution in [1.82, 2.24) is 9.97 Å². The Hall–Kier alpha value is -1.76. The molecule has 4 heteroatoms. The van der Waals surface area contributed by atoms with Gasteiger partial charge < -0.3 is 10.1 Å². The number of hydrogen-bond acceptors (Lipinski definition) is 4. The van der Waals surface area contributed by atoms with Crippen molar-refractivity contribution in [1.29, 1.82) is 0 Å². The molecule has 0 amide bonds. The second-order valence-corrected chi connectivity index (χ2v) is 4.00. The number of hydrogen-bond donors (Lipinski definition) is 1. The molecule has 0 radical (unpaired) electrons. The highest BCUT2D eigenvalue weighted by Crippen LogP contribution is 2.12. The van der Waals surface area contributed by atoms with Crippen molar-refractivity contribution in [2.45, 2.75) is 39.2 Å². The lowest BCUT2D eigenvalue weighted by Crippen LogP contribution is -2.08. The maximum atomic E-state index is 5.48. The van der Waals surface area contributed by atoms with Gasteiger partial charge in [0.25, 0.3) is 0 Å². The summed E-state index contributed by atoms with van der Waals surface area (Å²) in [6.07, 6.45) is 9.70. The Labute approximate surface area is 103 Å². The van der Waals surface area contributed by atoms with E-state index >= 15 is 0 Å². The SMILES string of the molecule is C#CCCCCNc1cc(OC(C)C)ncn1. The molecule has 0 aliphatic rings. The van der Waals surface area contributed by atoms with Crippen LogP contribution in [0.4, 0.5) is 5.82 Å². The van der Waals surface area contributed by atoms with Gasteiger partial charge in [-0.25, -0.2) is 9.97 Å². The number of aromatic nitrogens is 2. The molecule has 1 N–H and O–H groups in total. The molecule has 0 aliphatic carbocycles. The molecule has 0 bridgehead atoms. The third-order valence-electron chi connectivity index (χ3n) is 2.05. The monoisotopic (exact) mass is 233 g/mol. The van der Waals surface area contributed by atoms with E-state index in [1.165, 1.54) is 6.33 Å². The molecule has 0 unspecified atom stereocenters. The maximum Gasteiger partial charge on any atom is 0.218 e. The van der Waals surface area contributed by atoms with Gasteiger partial charge >= 0.3 is 0 Å². The Bertz CT molecular complexity index is 371. The molecule has 1 rings (SSSR count). The van der Waals surface area contributed by atoms with E-state index in [2.05, 4.69) is 21.2 Å². The first-order valence-electron chi connectivity index (χ1n) is 5.88. The van der Waals surface area contributed by atoms with E-state index in [0.717, 1.165) is 31.6 Å². The lowest BCUT2D eigenvalue weighted by atomic mass is 10.2. The standard InChI is InChI=1S/C13H19N3O/c1-4-5-6-7-8-14-12-9-13(16-10-15-12)17-11(2)3/h1,9-11H,5-8H2,2-3H3,(H,14,15,16). The summed E-state index contributed by atoms with van der Waals surface area (Å²) in [5.41, 5.74) is 0. The van der Waals surface area contributed by atoms with Crippen molar-refractivity contribution in [3.05, 3.63) is 12.4 Å². The molecule has 0 fully saturated rings. The Balaban J connectivity index is 2.35. The minimum atomic E-state index is 0.119. The van der Waals surface area contributed by atoms with Gasteiger partial charge in [-0.2, -0.15) is 0 Å². The second-order valence-electron chi connectivity index (χ2n) is 4.00. The molecule has 92 valence electrons. The Morgan fingerprint density at radius 1 is 1.41 bits per heavy atom. The average molecular weight is 233 g/mol. The van der Waals surface area contributed by atoms with Crippen LogP contribution in [0.2, 0.25) is 0 Å². The van der Waals surface area contributed by atoms with Gasteiger partial charge in [0.2, 0.25) is 5.88 Å². The number of ether oxygens (including phenoxy) is 1. The number of anilines is 1. The molecular weight excluding hydrogens is 214 g/mol. The van der Waals surface area contributed by atoms with Gasteiger partial charge in [-0.05, 0) is 26.7 Å². The highest BCUT2D eigenvalue weighted by molar-refractivity contribution is 5.36. The molecule has 0 saturated heterocycles. The van der Waals surface area contributed by atoms with Crippen LogP contribution in [0, 0.1) is 12.3 Å². The summed E-state index contributed by atoms with van der Waals surface area (Å²) in [6, 6.07) is 1.81. The summed E-state index contributed by atoms with van der Waals surface area (Å²) in [6.45, 7) is 4.80. The highest BCUT2D eigenvalue weighted by atomic mass is 16.5. The first-order valence-corrected chi connectivity index (χ1v) is 5.88. The van der Waals surface area contributed by atoms with Crippen LogP contribution in [0.15, 0.2) is 12.4 Å². The van der Waals surface area contributed by atoms with Crippen LogP contribution >= 0.6 is 0 Å². The van der Waals surface area contributed by atoms with Crippen molar-refractivity contribution in [2.24, 2.45) is 0 Å². The molecular formula is C13H19N3O. The van der Waals surface area contributed by atoms with Crippen LogP contribution in [0.5, 0.6) is 5.88 Å². The molecule has 17 heavy (non-hydrogen) atoms. The van der Waals surface area contributed by atoms with E-state index in [0.29, 0.717) is 5.88 Å². The van der Waals surface area contributed by atoms with Gasteiger partial charge in [0.1, 0.15) is 12.1 Å². The van der Waals surface area contributed by atoms with Gasteiger partial charge in [0.05, 0.1) is 6.10 Å². The van der Waals surface area contributed by atoms with Crippen LogP contribution in [0.1, 0.15) is 33.1 Å². The highest BCUT2D eigenvalue weighted by Gasteiger charge is 2.01. The predicted octanol–water partition coefficient (Wildman–Crippen LogP) is 2.48. The summed E-state index contributed by atoms with van der Waals surface area (Å²) in [4.78, 5) is 8.16. The third-order valence-corrected chi connectivity index (χ3v) is 2.05. The maximum absolute atomic E-state index is 5.48. The second kappa shape index (κ2) is 7.50. The molecule has 1 aromatic heterocycles. The molecule has 0 spiro atoms. The fourth-order valence-electron chi connectivity index (χ4n) is 1.31. The minimum Gasteiger partial charge on any atom is -0.475 e. The van der Waals surface area contributed by atoms with Crippen LogP contribution in [-0.2, 0) is 0 Å². The van der Waals surface area contributed by atoms with Crippen molar-refractivity contribution in [2.75, 3.05) is 11.9 Å². The van der Waals surface area contributed by atoms with E-state index < -0.39 is 0 Å². The zero-order valence-corrected chi connectivity index (χ0v) is 10.4. The lowest BCUT2D eigenvalue weighted by molar-refractivity contribution is 0.232. The van der Waals surface area contributed by atoms with Crippen LogP contribution in [0.25, 0.3) is 0 Å². The first kappa shape index (κ1) is 13.3. The summed E-state index contributed by atoms with van der Waals surface area (Å²) < 4.78 is 5.48. The molecule has 1 aromatic rings. The molecule has 0 atom stereocenters. The van der Waals surface area contributed by atoms with Crippen molar-refractivity contribution in [3.8, 4) is 18.2 Å². The Morgan fingerprint density at radius 3 is 2.94 bits per heavy atom. The Morgan fingerprint density at radius 2 is 2.24 bits per heavy atom. The summed E-state index contributed by atoms with van der Waals surface area (Å²) >= 11 is 0. The fourth-order valence-corrected chi connectivity index (χ4v) is 1.31. The topological polar surface area (TPSA) is 47.0 Å². The van der Waals surface area contributed by atoms with Gasteiger partial charge in [-0.3, -0.25) is 0 Å². The first-order chi connectivity index (χ1) is 8.22. The fraction of sp³-hybridized carbons (Fsp3) is 0.538. The largest absolute Gasteiger partial charge is 0.475 e. The number of nitrogens with one attached hydrogen (secondary N) is 1. The zero-order valence-electron chi connectivity index (χ0n) is 10.4. The molecule has 0 saturated carbocycles. The molecule has 0 aromatic carbocycles. The molecule has 4 nitrogen and oxygen atoms in total. The smallest absolute Gasteiger partial charge is 0.218 e. The van der Waals surface area contributed by atoms with E-state index in [1.807, 2.05) is 13.8 Å². The zero-order chi connectivity index (χ0) is 12.5. The van der Waals surface area contributed by atoms with Gasteiger partial charge in [-0.15, -0.1) is 12.3 Å². The normalized spacial score (nSPS) is 10.0. The number of rotatable bonds is 7. The average Bonchev–Trinajstić information content (AvgIpc) is 2.28. The number of unbranched alkanes of at least 4 members (excludes halogenated alkanes) is 2. The van der Waals surface area contributed by atoms with Gasteiger partial charge in [-0.1, -0.05) is 0 Å². The summed E-state index contributed by atoms with van der Waals surface area (Å²) in [5.74, 6) is 4.01. The van der Waals surface area contributed by atoms with Crippen molar-refractivity contribution < 1.29 is 4.74 Å².